The van der Waals surface area contributed by atoms with Crippen molar-refractivity contribution in [3.05, 3.63) is 58.5 Å². The van der Waals surface area contributed by atoms with Crippen LogP contribution in [-0.2, 0) is 6.54 Å². The van der Waals surface area contributed by atoms with E-state index in [2.05, 4.69) is 20.8 Å². The van der Waals surface area contributed by atoms with Crippen LogP contribution in [0.25, 0.3) is 10.8 Å². The number of hydrogen-bond donors (Lipinski definition) is 3. The zero-order valence-corrected chi connectivity index (χ0v) is 13.0. The molecule has 8 nitrogen and oxygen atoms in total. The Morgan fingerprint density at radius 2 is 1.92 bits per heavy atom. The normalized spacial score (nSPS) is 12.2. The third-order valence-corrected chi connectivity index (χ3v) is 3.82. The van der Waals surface area contributed by atoms with Crippen LogP contribution in [0, 0.1) is 0 Å². The summed E-state index contributed by atoms with van der Waals surface area (Å²) in [5.74, 6) is 1.24. The molecule has 0 saturated heterocycles. The van der Waals surface area contributed by atoms with E-state index in [1.807, 2.05) is 6.07 Å². The molecule has 0 bridgehead atoms. The van der Waals surface area contributed by atoms with Crippen LogP contribution in [0.2, 0.25) is 0 Å². The molecule has 4 rings (SSSR count). The van der Waals surface area contributed by atoms with Gasteiger partial charge in [0.2, 0.25) is 6.79 Å². The molecule has 2 amide bonds. The van der Waals surface area contributed by atoms with E-state index >= 15 is 0 Å². The highest BCUT2D eigenvalue weighted by molar-refractivity contribution is 5.90. The van der Waals surface area contributed by atoms with Crippen molar-refractivity contribution in [3.63, 3.8) is 0 Å². The number of aromatic nitrogens is 2. The molecule has 0 unspecified atom stereocenters. The summed E-state index contributed by atoms with van der Waals surface area (Å²) in [7, 11) is 0. The van der Waals surface area contributed by atoms with Gasteiger partial charge in [0.1, 0.15) is 0 Å². The van der Waals surface area contributed by atoms with Crippen LogP contribution in [-0.4, -0.2) is 23.0 Å². The number of hydrogen-bond acceptors (Lipinski definition) is 5. The molecule has 126 valence electrons. The molecule has 0 fully saturated rings. The zero-order valence-electron chi connectivity index (χ0n) is 13.0. The van der Waals surface area contributed by atoms with Gasteiger partial charge in [0.05, 0.1) is 17.6 Å². The molecule has 1 aliphatic heterocycles. The van der Waals surface area contributed by atoms with Gasteiger partial charge in [-0.1, -0.05) is 18.2 Å². The standard InChI is InChI=1S/C17H14N4O4/c22-16-12-4-2-1-3-11(12)13(20-21-16)8-18-17(23)19-10-5-6-14-15(7-10)25-9-24-14/h1-7H,8-9H2,(H,21,22)(H2,18,19,23). The number of carbonyl (C=O) groups excluding carboxylic acids is 1. The second-order valence-corrected chi connectivity index (χ2v) is 5.42. The minimum atomic E-state index is -0.393. The number of rotatable bonds is 3. The summed E-state index contributed by atoms with van der Waals surface area (Å²) in [6.07, 6.45) is 0. The van der Waals surface area contributed by atoms with E-state index in [0.717, 1.165) is 0 Å². The van der Waals surface area contributed by atoms with Crippen LogP contribution in [0.5, 0.6) is 11.5 Å². The highest BCUT2D eigenvalue weighted by Gasteiger charge is 2.14. The van der Waals surface area contributed by atoms with Gasteiger partial charge in [-0.05, 0) is 18.2 Å². The largest absolute Gasteiger partial charge is 0.454 e. The van der Waals surface area contributed by atoms with E-state index < -0.39 is 6.03 Å². The van der Waals surface area contributed by atoms with Gasteiger partial charge in [-0.2, -0.15) is 5.10 Å². The van der Waals surface area contributed by atoms with Gasteiger partial charge in [-0.3, -0.25) is 4.79 Å². The lowest BCUT2D eigenvalue weighted by Crippen LogP contribution is -2.29. The van der Waals surface area contributed by atoms with Crippen LogP contribution in [0.15, 0.2) is 47.3 Å². The van der Waals surface area contributed by atoms with E-state index in [-0.39, 0.29) is 18.9 Å². The van der Waals surface area contributed by atoms with Crippen LogP contribution in [0.3, 0.4) is 0 Å². The number of H-pyrrole nitrogens is 1. The van der Waals surface area contributed by atoms with Gasteiger partial charge in [0, 0.05) is 17.1 Å². The fourth-order valence-electron chi connectivity index (χ4n) is 2.62. The average Bonchev–Trinajstić information content (AvgIpc) is 3.09. The lowest BCUT2D eigenvalue weighted by molar-refractivity contribution is 0.174. The third-order valence-electron chi connectivity index (χ3n) is 3.82. The number of nitrogens with one attached hydrogen (secondary N) is 3. The Morgan fingerprint density at radius 1 is 1.12 bits per heavy atom. The Hall–Kier alpha value is -3.55. The van der Waals surface area contributed by atoms with E-state index in [1.54, 1.807) is 36.4 Å². The summed E-state index contributed by atoms with van der Waals surface area (Å²) in [6, 6.07) is 11.9. The van der Waals surface area contributed by atoms with Gasteiger partial charge < -0.3 is 20.1 Å². The number of aromatic amines is 1. The summed E-state index contributed by atoms with van der Waals surface area (Å²) in [6.45, 7) is 0.351. The van der Waals surface area contributed by atoms with E-state index in [0.29, 0.717) is 33.7 Å². The Kier molecular flexibility index (Phi) is 3.70. The highest BCUT2D eigenvalue weighted by Crippen LogP contribution is 2.34. The molecule has 2 aromatic carbocycles. The summed E-state index contributed by atoms with van der Waals surface area (Å²) in [5.41, 5.74) is 0.904. The first kappa shape index (κ1) is 15.0. The molecule has 0 spiro atoms. The van der Waals surface area contributed by atoms with Crippen molar-refractivity contribution in [2.45, 2.75) is 6.54 Å². The third kappa shape index (κ3) is 2.97. The number of fused-ring (bicyclic) bond motifs is 2. The van der Waals surface area contributed by atoms with E-state index in [9.17, 15) is 9.59 Å². The van der Waals surface area contributed by atoms with Crippen LogP contribution < -0.4 is 25.7 Å². The number of anilines is 1. The lowest BCUT2D eigenvalue weighted by atomic mass is 10.1. The molecule has 1 aromatic heterocycles. The van der Waals surface area contributed by atoms with E-state index in [4.69, 9.17) is 9.47 Å². The second kappa shape index (κ2) is 6.16. The SMILES string of the molecule is O=C(NCc1n[nH]c(=O)c2ccccc12)Nc1ccc2c(c1)OCO2. The fourth-order valence-corrected chi connectivity index (χ4v) is 2.62. The Bertz CT molecular complexity index is 1010. The van der Waals surface area contributed by atoms with E-state index in [1.165, 1.54) is 0 Å². The lowest BCUT2D eigenvalue weighted by Gasteiger charge is -2.09. The molecule has 3 aromatic rings. The second-order valence-electron chi connectivity index (χ2n) is 5.42. The molecule has 1 aliphatic rings. The van der Waals surface area contributed by atoms with Crippen molar-refractivity contribution in [1.29, 1.82) is 0 Å². The van der Waals surface area contributed by atoms with Crippen molar-refractivity contribution in [2.75, 3.05) is 12.1 Å². The van der Waals surface area contributed by atoms with Gasteiger partial charge in [0.15, 0.2) is 11.5 Å². The Balaban J connectivity index is 1.46. The first-order chi connectivity index (χ1) is 12.2. The fraction of sp³-hybridized carbons (Fsp3) is 0.118. The molecule has 8 heteroatoms. The molecule has 0 aliphatic carbocycles. The molecule has 0 atom stereocenters. The molecule has 2 heterocycles. The van der Waals surface area contributed by atoms with Crippen LogP contribution >= 0.6 is 0 Å². The maximum absolute atomic E-state index is 12.1. The predicted molar refractivity (Wildman–Crippen MR) is 90.8 cm³/mol. The van der Waals surface area contributed by atoms with Gasteiger partial charge >= 0.3 is 6.03 Å². The number of carbonyl (C=O) groups is 1. The van der Waals surface area contributed by atoms with Crippen molar-refractivity contribution >= 4 is 22.5 Å². The van der Waals surface area contributed by atoms with Gasteiger partial charge in [-0.15, -0.1) is 0 Å². The molecular weight excluding hydrogens is 324 g/mol. The summed E-state index contributed by atoms with van der Waals surface area (Å²) >= 11 is 0. The van der Waals surface area contributed by atoms with Gasteiger partial charge in [0.25, 0.3) is 5.56 Å². The van der Waals surface area contributed by atoms with Crippen molar-refractivity contribution < 1.29 is 14.3 Å². The minimum Gasteiger partial charge on any atom is -0.454 e. The first-order valence-corrected chi connectivity index (χ1v) is 7.61. The van der Waals surface area contributed by atoms with Crippen molar-refractivity contribution in [1.82, 2.24) is 15.5 Å². The van der Waals surface area contributed by atoms with Crippen LogP contribution in [0.1, 0.15) is 5.69 Å². The molecule has 0 radical (unpaired) electrons. The Morgan fingerprint density at radius 3 is 2.80 bits per heavy atom. The molecule has 25 heavy (non-hydrogen) atoms. The smallest absolute Gasteiger partial charge is 0.319 e. The Labute approximate surface area is 141 Å². The average molecular weight is 338 g/mol. The molecule has 0 saturated carbocycles. The van der Waals surface area contributed by atoms with Crippen molar-refractivity contribution in [3.8, 4) is 11.5 Å². The predicted octanol–water partition coefficient (Wildman–Crippen LogP) is 1.97. The van der Waals surface area contributed by atoms with Crippen molar-refractivity contribution in [2.24, 2.45) is 0 Å². The summed E-state index contributed by atoms with van der Waals surface area (Å²) in [4.78, 5) is 23.9. The molecule has 3 N–H and O–H groups in total. The number of urea groups is 1. The maximum Gasteiger partial charge on any atom is 0.319 e. The summed E-state index contributed by atoms with van der Waals surface area (Å²) < 4.78 is 10.5. The van der Waals surface area contributed by atoms with Crippen LogP contribution in [0.4, 0.5) is 10.5 Å². The molecular formula is C17H14N4O4. The quantitative estimate of drug-likeness (QED) is 0.677. The first-order valence-electron chi connectivity index (χ1n) is 7.61. The van der Waals surface area contributed by atoms with Gasteiger partial charge in [-0.25, -0.2) is 9.89 Å². The zero-order chi connectivity index (χ0) is 17.2. The highest BCUT2D eigenvalue weighted by atomic mass is 16.7. The number of ether oxygens (including phenoxy) is 2. The maximum atomic E-state index is 12.1. The number of benzene rings is 2. The number of amides is 2. The number of nitrogens with zero attached hydrogens (tertiary/aromatic N) is 1. The minimum absolute atomic E-state index is 0.174. The summed E-state index contributed by atoms with van der Waals surface area (Å²) in [5, 5.41) is 13.1. The monoisotopic (exact) mass is 338 g/mol. The topological polar surface area (TPSA) is 105 Å².